The Labute approximate surface area is 92.3 Å². The van der Waals surface area contributed by atoms with E-state index >= 15 is 0 Å². The van der Waals surface area contributed by atoms with E-state index in [9.17, 15) is 0 Å². The van der Waals surface area contributed by atoms with Crippen LogP contribution in [0.25, 0.3) is 0 Å². The normalized spacial score (nSPS) is 13.4. The zero-order chi connectivity index (χ0) is 11.3. The van der Waals surface area contributed by atoms with E-state index in [2.05, 4.69) is 31.1 Å². The van der Waals surface area contributed by atoms with Gasteiger partial charge in [0.2, 0.25) is 0 Å². The molecule has 1 rings (SSSR count). The van der Waals surface area contributed by atoms with Crippen molar-refractivity contribution in [1.82, 2.24) is 10.3 Å². The van der Waals surface area contributed by atoms with E-state index in [0.717, 1.165) is 31.0 Å². The van der Waals surface area contributed by atoms with E-state index in [1.54, 1.807) is 0 Å². The lowest BCUT2D eigenvalue weighted by molar-refractivity contribution is 0.387. The maximum absolute atomic E-state index is 5.71. The summed E-state index contributed by atoms with van der Waals surface area (Å²) >= 11 is 0. The van der Waals surface area contributed by atoms with Crippen LogP contribution in [0.2, 0.25) is 0 Å². The molecule has 0 radical (unpaired) electrons. The van der Waals surface area contributed by atoms with Crippen LogP contribution < -0.4 is 5.32 Å². The number of oxazole rings is 1. The lowest BCUT2D eigenvalue weighted by atomic mass is 9.96. The van der Waals surface area contributed by atoms with E-state index in [-0.39, 0.29) is 0 Å². The van der Waals surface area contributed by atoms with Crippen LogP contribution in [0.3, 0.4) is 0 Å². The molecular formula is C12H22N2O. The molecule has 0 fully saturated rings. The Bertz CT molecular complexity index is 281. The molecule has 3 heteroatoms. The third-order valence-electron chi connectivity index (χ3n) is 2.84. The summed E-state index contributed by atoms with van der Waals surface area (Å²) in [7, 11) is 1.96. The van der Waals surface area contributed by atoms with E-state index in [1.165, 1.54) is 0 Å². The third kappa shape index (κ3) is 3.67. The van der Waals surface area contributed by atoms with Gasteiger partial charge in [0.05, 0.1) is 6.20 Å². The fraction of sp³-hybridized carbons (Fsp3) is 0.750. The maximum Gasteiger partial charge on any atom is 0.194 e. The lowest BCUT2D eigenvalue weighted by Gasteiger charge is -2.11. The second-order valence-corrected chi connectivity index (χ2v) is 4.40. The Morgan fingerprint density at radius 3 is 2.73 bits per heavy atom. The van der Waals surface area contributed by atoms with Crippen LogP contribution in [-0.2, 0) is 6.42 Å². The highest BCUT2D eigenvalue weighted by Gasteiger charge is 2.14. The number of aryl methyl sites for hydroxylation is 1. The predicted octanol–water partition coefficient (Wildman–Crippen LogP) is 2.59. The van der Waals surface area contributed by atoms with Gasteiger partial charge in [0, 0.05) is 12.3 Å². The van der Waals surface area contributed by atoms with Gasteiger partial charge in [-0.1, -0.05) is 20.8 Å². The van der Waals surface area contributed by atoms with Crippen molar-refractivity contribution in [2.75, 3.05) is 13.6 Å². The average molecular weight is 210 g/mol. The third-order valence-corrected chi connectivity index (χ3v) is 2.84. The van der Waals surface area contributed by atoms with Gasteiger partial charge in [-0.3, -0.25) is 0 Å². The van der Waals surface area contributed by atoms with Crippen LogP contribution in [0.1, 0.15) is 44.8 Å². The number of aromatic nitrogens is 1. The topological polar surface area (TPSA) is 38.1 Å². The molecule has 15 heavy (non-hydrogen) atoms. The Balaban J connectivity index is 2.48. The first-order valence-electron chi connectivity index (χ1n) is 5.74. The molecule has 0 aliphatic rings. The van der Waals surface area contributed by atoms with Crippen LogP contribution in [0, 0.1) is 5.92 Å². The van der Waals surface area contributed by atoms with E-state index in [0.29, 0.717) is 11.8 Å². The van der Waals surface area contributed by atoms with Crippen molar-refractivity contribution in [3.63, 3.8) is 0 Å². The fourth-order valence-electron chi connectivity index (χ4n) is 1.40. The highest BCUT2D eigenvalue weighted by molar-refractivity contribution is 5.01. The summed E-state index contributed by atoms with van der Waals surface area (Å²) in [5, 5.41) is 3.12. The summed E-state index contributed by atoms with van der Waals surface area (Å²) < 4.78 is 5.71. The molecule has 1 aromatic heterocycles. The maximum atomic E-state index is 5.71. The van der Waals surface area contributed by atoms with Gasteiger partial charge < -0.3 is 9.73 Å². The summed E-state index contributed by atoms with van der Waals surface area (Å²) in [5.41, 5.74) is 0. The summed E-state index contributed by atoms with van der Waals surface area (Å²) in [6.45, 7) is 7.60. The molecule has 0 aliphatic carbocycles. The first kappa shape index (κ1) is 12.2. The highest BCUT2D eigenvalue weighted by atomic mass is 16.4. The molecule has 1 heterocycles. The highest BCUT2D eigenvalue weighted by Crippen LogP contribution is 2.24. The van der Waals surface area contributed by atoms with Crippen molar-refractivity contribution in [2.45, 2.75) is 39.5 Å². The van der Waals surface area contributed by atoms with Gasteiger partial charge in [-0.15, -0.1) is 0 Å². The van der Waals surface area contributed by atoms with Gasteiger partial charge in [-0.25, -0.2) is 4.98 Å². The zero-order valence-electron chi connectivity index (χ0n) is 10.2. The van der Waals surface area contributed by atoms with Crippen molar-refractivity contribution in [3.05, 3.63) is 17.8 Å². The first-order chi connectivity index (χ1) is 7.15. The molecule has 0 bridgehead atoms. The number of rotatable bonds is 6. The minimum absolute atomic E-state index is 0.454. The Morgan fingerprint density at radius 2 is 2.13 bits per heavy atom. The van der Waals surface area contributed by atoms with Crippen LogP contribution in [0.15, 0.2) is 10.6 Å². The van der Waals surface area contributed by atoms with Crippen LogP contribution in [-0.4, -0.2) is 18.6 Å². The number of nitrogens with one attached hydrogen (secondary N) is 1. The van der Waals surface area contributed by atoms with E-state index in [1.807, 2.05) is 13.2 Å². The molecule has 1 aromatic rings. The quantitative estimate of drug-likeness (QED) is 0.733. The van der Waals surface area contributed by atoms with Gasteiger partial charge in [-0.05, 0) is 25.9 Å². The van der Waals surface area contributed by atoms with Crippen LogP contribution >= 0.6 is 0 Å². The smallest absolute Gasteiger partial charge is 0.194 e. The second-order valence-electron chi connectivity index (χ2n) is 4.40. The summed E-state index contributed by atoms with van der Waals surface area (Å²) in [6.07, 6.45) is 3.87. The van der Waals surface area contributed by atoms with Crippen molar-refractivity contribution in [2.24, 2.45) is 5.92 Å². The zero-order valence-corrected chi connectivity index (χ0v) is 10.2. The largest absolute Gasteiger partial charge is 0.445 e. The molecule has 0 aromatic carbocycles. The van der Waals surface area contributed by atoms with E-state index < -0.39 is 0 Å². The SMILES string of the molecule is CNCCCc1ncc(C(C)C(C)C)o1. The van der Waals surface area contributed by atoms with Gasteiger partial charge in [0.25, 0.3) is 0 Å². The minimum Gasteiger partial charge on any atom is -0.445 e. The molecule has 3 nitrogen and oxygen atoms in total. The molecule has 0 saturated carbocycles. The summed E-state index contributed by atoms with van der Waals surface area (Å²) in [5.74, 6) is 2.94. The number of hydrogen-bond acceptors (Lipinski definition) is 3. The van der Waals surface area contributed by atoms with E-state index in [4.69, 9.17) is 4.42 Å². The summed E-state index contributed by atoms with van der Waals surface area (Å²) in [6, 6.07) is 0. The van der Waals surface area contributed by atoms with Gasteiger partial charge in [0.1, 0.15) is 5.76 Å². The summed E-state index contributed by atoms with van der Waals surface area (Å²) in [4.78, 5) is 4.30. The monoisotopic (exact) mass is 210 g/mol. The molecular weight excluding hydrogens is 188 g/mol. The molecule has 1 atom stereocenters. The Hall–Kier alpha value is -0.830. The molecule has 0 spiro atoms. The Morgan fingerprint density at radius 1 is 1.40 bits per heavy atom. The molecule has 0 amide bonds. The van der Waals surface area contributed by atoms with Crippen molar-refractivity contribution in [3.8, 4) is 0 Å². The molecule has 1 unspecified atom stereocenters. The molecule has 0 saturated heterocycles. The standard InChI is InChI=1S/C12H22N2O/c1-9(2)10(3)11-8-14-12(15-11)6-5-7-13-4/h8-10,13H,5-7H2,1-4H3. The fourth-order valence-corrected chi connectivity index (χ4v) is 1.40. The Kier molecular flexibility index (Phi) is 4.82. The molecule has 0 aliphatic heterocycles. The van der Waals surface area contributed by atoms with Gasteiger partial charge in [0.15, 0.2) is 5.89 Å². The second kappa shape index (κ2) is 5.91. The predicted molar refractivity (Wildman–Crippen MR) is 62.0 cm³/mol. The first-order valence-corrected chi connectivity index (χ1v) is 5.74. The lowest BCUT2D eigenvalue weighted by Crippen LogP contribution is -2.08. The van der Waals surface area contributed by atoms with Crippen LogP contribution in [0.4, 0.5) is 0 Å². The number of nitrogens with zero attached hydrogens (tertiary/aromatic N) is 1. The molecule has 1 N–H and O–H groups in total. The van der Waals surface area contributed by atoms with Crippen LogP contribution in [0.5, 0.6) is 0 Å². The van der Waals surface area contributed by atoms with Crippen molar-refractivity contribution >= 4 is 0 Å². The minimum atomic E-state index is 0.454. The average Bonchev–Trinajstić information content (AvgIpc) is 2.65. The number of hydrogen-bond donors (Lipinski definition) is 1. The van der Waals surface area contributed by atoms with Crippen molar-refractivity contribution in [1.29, 1.82) is 0 Å². The van der Waals surface area contributed by atoms with Crippen molar-refractivity contribution < 1.29 is 4.42 Å². The van der Waals surface area contributed by atoms with Gasteiger partial charge in [-0.2, -0.15) is 0 Å². The molecule has 86 valence electrons. The van der Waals surface area contributed by atoms with Gasteiger partial charge >= 0.3 is 0 Å².